The lowest BCUT2D eigenvalue weighted by Crippen LogP contribution is -2.51. The Hall–Kier alpha value is -3.24. The molecule has 1 aromatic heterocycles. The van der Waals surface area contributed by atoms with Crippen LogP contribution in [0, 0.1) is 11.7 Å². The Kier molecular flexibility index (Phi) is 7.24. The molecule has 5 unspecified atom stereocenters. The fourth-order valence-electron chi connectivity index (χ4n) is 7.82. The number of fused-ring (bicyclic) bond motifs is 6. The maximum atomic E-state index is 16.8. The number of hydrogen-bond donors (Lipinski definition) is 2. The van der Waals surface area contributed by atoms with E-state index in [2.05, 4.69) is 27.0 Å². The van der Waals surface area contributed by atoms with Crippen LogP contribution in [0.15, 0.2) is 42.5 Å². The second-order valence-electron chi connectivity index (χ2n) is 13.1. The van der Waals surface area contributed by atoms with E-state index in [9.17, 15) is 5.11 Å². The van der Waals surface area contributed by atoms with Gasteiger partial charge in [0.25, 0.3) is 0 Å². The number of nitrogens with zero attached hydrogens (tertiary/aromatic N) is 4. The van der Waals surface area contributed by atoms with E-state index < -0.39 is 5.82 Å². The van der Waals surface area contributed by atoms with Crippen LogP contribution in [0.4, 0.5) is 10.2 Å². The zero-order chi connectivity index (χ0) is 29.9. The lowest BCUT2D eigenvalue weighted by atomic mass is 9.96. The summed E-state index contributed by atoms with van der Waals surface area (Å²) in [6.07, 6.45) is 4.58. The first kappa shape index (κ1) is 28.2. The molecule has 5 heterocycles. The highest BCUT2D eigenvalue weighted by Crippen LogP contribution is 2.43. The van der Waals surface area contributed by atoms with E-state index in [1.54, 1.807) is 18.2 Å². The summed E-state index contributed by atoms with van der Waals surface area (Å²) in [6, 6.07) is 14.4. The summed E-state index contributed by atoms with van der Waals surface area (Å²) < 4.78 is 28.8. The van der Waals surface area contributed by atoms with Crippen molar-refractivity contribution in [2.75, 3.05) is 44.4 Å². The van der Waals surface area contributed by atoms with Gasteiger partial charge in [0.2, 0.25) is 0 Å². The fourth-order valence-corrected chi connectivity index (χ4v) is 8.12. The van der Waals surface area contributed by atoms with Gasteiger partial charge < -0.3 is 24.8 Å². The number of phenols is 1. The van der Waals surface area contributed by atoms with E-state index in [0.29, 0.717) is 47.5 Å². The third-order valence-corrected chi connectivity index (χ3v) is 10.2. The van der Waals surface area contributed by atoms with Gasteiger partial charge in [-0.25, -0.2) is 4.39 Å². The van der Waals surface area contributed by atoms with Gasteiger partial charge in [-0.05, 0) is 60.2 Å². The second kappa shape index (κ2) is 11.3. The number of benzene rings is 3. The van der Waals surface area contributed by atoms with Crippen LogP contribution in [-0.2, 0) is 4.74 Å². The van der Waals surface area contributed by atoms with Crippen LogP contribution in [0.5, 0.6) is 11.8 Å². The average molecular weight is 618 g/mol. The van der Waals surface area contributed by atoms with Gasteiger partial charge in [-0.1, -0.05) is 42.8 Å². The van der Waals surface area contributed by atoms with Gasteiger partial charge in [0.1, 0.15) is 17.1 Å². The number of hydrogen-bond acceptors (Lipinski definition) is 8. The number of aromatic nitrogens is 2. The Balaban J connectivity index is 1.18. The lowest BCUT2D eigenvalue weighted by Gasteiger charge is -2.36. The van der Waals surface area contributed by atoms with Crippen molar-refractivity contribution in [2.45, 2.75) is 56.8 Å². The predicted molar refractivity (Wildman–Crippen MR) is 170 cm³/mol. The highest BCUT2D eigenvalue weighted by molar-refractivity contribution is 6.35. The molecule has 0 saturated carbocycles. The fraction of sp³-hybridized carbons (Fsp3) is 0.471. The molecule has 8 nitrogen and oxygen atoms in total. The van der Waals surface area contributed by atoms with Crippen molar-refractivity contribution in [3.8, 4) is 22.9 Å². The zero-order valence-electron chi connectivity index (χ0n) is 24.8. The number of piperazine rings is 1. The summed E-state index contributed by atoms with van der Waals surface area (Å²) in [4.78, 5) is 14.4. The minimum atomic E-state index is -0.548. The largest absolute Gasteiger partial charge is 0.508 e. The molecule has 5 atom stereocenters. The third kappa shape index (κ3) is 5.04. The van der Waals surface area contributed by atoms with Gasteiger partial charge in [0, 0.05) is 60.7 Å². The molecule has 0 radical (unpaired) electrons. The quantitative estimate of drug-likeness (QED) is 0.271. The van der Waals surface area contributed by atoms with Crippen molar-refractivity contribution in [3.05, 3.63) is 53.3 Å². The number of phenolic OH excluding ortho intramolecular Hbond substituents is 1. The smallest absolute Gasteiger partial charge is 0.319 e. The first-order chi connectivity index (χ1) is 21.4. The number of rotatable bonds is 7. The minimum absolute atomic E-state index is 0.0423. The van der Waals surface area contributed by atoms with E-state index in [1.165, 1.54) is 12.8 Å². The highest BCUT2D eigenvalue weighted by Gasteiger charge is 2.38. The van der Waals surface area contributed by atoms with Crippen LogP contribution in [0.1, 0.15) is 32.6 Å². The maximum Gasteiger partial charge on any atom is 0.319 e. The number of aromatic hydroxyl groups is 1. The molecule has 4 aliphatic rings. The van der Waals surface area contributed by atoms with Crippen LogP contribution in [0.3, 0.4) is 0 Å². The number of morpholine rings is 1. The first-order valence-electron chi connectivity index (χ1n) is 15.8. The highest BCUT2D eigenvalue weighted by atomic mass is 35.5. The van der Waals surface area contributed by atoms with Crippen molar-refractivity contribution in [1.29, 1.82) is 0 Å². The van der Waals surface area contributed by atoms with Crippen LogP contribution in [0.2, 0.25) is 5.02 Å². The van der Waals surface area contributed by atoms with Gasteiger partial charge in [0.05, 0.1) is 24.8 Å². The van der Waals surface area contributed by atoms with Gasteiger partial charge in [0.15, 0.2) is 5.82 Å². The summed E-state index contributed by atoms with van der Waals surface area (Å²) >= 11 is 6.89. The molecule has 10 heteroatoms. The van der Waals surface area contributed by atoms with E-state index in [4.69, 9.17) is 26.1 Å². The Morgan fingerprint density at radius 1 is 1.05 bits per heavy atom. The van der Waals surface area contributed by atoms with Crippen LogP contribution in [0.25, 0.3) is 32.8 Å². The van der Waals surface area contributed by atoms with Crippen molar-refractivity contribution >= 4 is 39.1 Å². The van der Waals surface area contributed by atoms with Gasteiger partial charge >= 0.3 is 6.01 Å². The molecular weight excluding hydrogens is 581 g/mol. The van der Waals surface area contributed by atoms with E-state index >= 15 is 4.39 Å². The molecule has 4 fully saturated rings. The molecule has 2 N–H and O–H groups in total. The molecule has 4 aromatic rings. The second-order valence-corrected chi connectivity index (χ2v) is 13.5. The van der Waals surface area contributed by atoms with Crippen molar-refractivity contribution < 1.29 is 19.0 Å². The number of nitrogens with one attached hydrogen (secondary N) is 1. The van der Waals surface area contributed by atoms with Crippen molar-refractivity contribution in [1.82, 2.24) is 20.2 Å². The molecular formula is C34H37ClFN5O3. The standard InChI is InChI=1S/C34H37ClFN5O3/c1-19(13-41-23-8-9-24(41)18-43-17-23)16-44-34-38-32-28(33(39-34)40-14-21-6-7-22(15-40)37-21)12-29(35)30(31(32)36)27-11-25(42)10-20-4-2-3-5-26(20)27/h2-5,10-12,19,21-24,37,42H,6-9,13-18H2,1H3. The Morgan fingerprint density at radius 2 is 1.80 bits per heavy atom. The maximum absolute atomic E-state index is 16.8. The predicted octanol–water partition coefficient (Wildman–Crippen LogP) is 5.77. The Labute approximate surface area is 261 Å². The van der Waals surface area contributed by atoms with E-state index in [1.807, 2.05) is 24.3 Å². The molecule has 4 aliphatic heterocycles. The van der Waals surface area contributed by atoms with Gasteiger partial charge in [-0.3, -0.25) is 4.90 Å². The summed E-state index contributed by atoms with van der Waals surface area (Å²) in [5, 5.41) is 16.6. The monoisotopic (exact) mass is 617 g/mol. The molecule has 0 amide bonds. The number of ether oxygens (including phenoxy) is 2. The first-order valence-corrected chi connectivity index (χ1v) is 16.2. The number of anilines is 1. The lowest BCUT2D eigenvalue weighted by molar-refractivity contribution is -0.0229. The normalized spacial score (nSPS) is 25.7. The van der Waals surface area contributed by atoms with Crippen molar-refractivity contribution in [3.63, 3.8) is 0 Å². The molecule has 0 spiro atoms. The van der Waals surface area contributed by atoms with Gasteiger partial charge in [-0.15, -0.1) is 0 Å². The average Bonchev–Trinajstić information content (AvgIpc) is 3.45. The van der Waals surface area contributed by atoms with Crippen LogP contribution < -0.4 is 15.0 Å². The van der Waals surface area contributed by atoms with E-state index in [-0.39, 0.29) is 33.8 Å². The molecule has 0 aliphatic carbocycles. The summed E-state index contributed by atoms with van der Waals surface area (Å²) in [6.45, 7) is 6.66. The third-order valence-electron chi connectivity index (χ3n) is 9.89. The molecule has 8 rings (SSSR count). The summed E-state index contributed by atoms with van der Waals surface area (Å²) in [7, 11) is 0. The topological polar surface area (TPSA) is 83.0 Å². The van der Waals surface area contributed by atoms with E-state index in [0.717, 1.165) is 56.5 Å². The zero-order valence-corrected chi connectivity index (χ0v) is 25.6. The molecule has 4 bridgehead atoms. The molecule has 230 valence electrons. The molecule has 4 saturated heterocycles. The van der Waals surface area contributed by atoms with Crippen LogP contribution >= 0.6 is 11.6 Å². The summed E-state index contributed by atoms with van der Waals surface area (Å²) in [5.74, 6) is 0.377. The minimum Gasteiger partial charge on any atom is -0.508 e. The Morgan fingerprint density at radius 3 is 2.57 bits per heavy atom. The van der Waals surface area contributed by atoms with Crippen LogP contribution in [-0.4, -0.2) is 83.6 Å². The Bertz CT molecular complexity index is 1710. The number of halogens is 2. The van der Waals surface area contributed by atoms with Crippen molar-refractivity contribution in [2.24, 2.45) is 5.92 Å². The SMILES string of the molecule is CC(COc1nc(N2CC3CCC(C2)N3)c2cc(Cl)c(-c3cc(O)cc4ccccc34)c(F)c2n1)CN1C2CCC1COC2. The molecule has 44 heavy (non-hydrogen) atoms. The molecule has 3 aromatic carbocycles. The summed E-state index contributed by atoms with van der Waals surface area (Å²) in [5.41, 5.74) is 0.890. The van der Waals surface area contributed by atoms with Gasteiger partial charge in [-0.2, -0.15) is 9.97 Å².